The van der Waals surface area contributed by atoms with Crippen molar-refractivity contribution in [3.63, 3.8) is 0 Å². The fraction of sp³-hybridized carbons (Fsp3) is 0.500. The van der Waals surface area contributed by atoms with Gasteiger partial charge in [0.25, 0.3) is 0 Å². The lowest BCUT2D eigenvalue weighted by Gasteiger charge is -2.00. The van der Waals surface area contributed by atoms with E-state index in [1.54, 1.807) is 0 Å². The zero-order chi connectivity index (χ0) is 9.68. The number of hydrogen-bond acceptors (Lipinski definition) is 4. The predicted molar refractivity (Wildman–Crippen MR) is 45.6 cm³/mol. The molecule has 0 saturated heterocycles. The zero-order valence-electron chi connectivity index (χ0n) is 7.42. The van der Waals surface area contributed by atoms with E-state index in [4.69, 9.17) is 4.74 Å². The molecule has 0 aliphatic heterocycles. The average Bonchev–Trinajstić information content (AvgIpc) is 2.52. The molecule has 0 saturated carbocycles. The van der Waals surface area contributed by atoms with Crippen molar-refractivity contribution < 1.29 is 9.53 Å². The Morgan fingerprint density at radius 2 is 2.46 bits per heavy atom. The van der Waals surface area contributed by atoms with Crippen LogP contribution in [0.25, 0.3) is 0 Å². The first-order chi connectivity index (χ1) is 6.26. The number of urea groups is 1. The van der Waals surface area contributed by atoms with Crippen LogP contribution in [-0.2, 0) is 0 Å². The van der Waals surface area contributed by atoms with E-state index in [0.29, 0.717) is 6.54 Å². The number of methoxy groups -OCH3 is 1. The minimum atomic E-state index is -0.332. The lowest BCUT2D eigenvalue weighted by molar-refractivity contribution is 0.252. The highest BCUT2D eigenvalue weighted by molar-refractivity contribution is 5.87. The van der Waals surface area contributed by atoms with E-state index in [-0.39, 0.29) is 18.0 Å². The fourth-order valence-corrected chi connectivity index (χ4v) is 0.706. The van der Waals surface area contributed by atoms with E-state index in [1.807, 2.05) is 6.92 Å². The summed E-state index contributed by atoms with van der Waals surface area (Å²) in [5.74, 6) is 0.253. The monoisotopic (exact) mass is 185 g/mol. The van der Waals surface area contributed by atoms with E-state index < -0.39 is 0 Å². The van der Waals surface area contributed by atoms with Gasteiger partial charge >= 0.3 is 12.0 Å². The highest BCUT2D eigenvalue weighted by atomic mass is 16.5. The predicted octanol–water partition coefficient (Wildman–Crippen LogP) is -0.0453. The van der Waals surface area contributed by atoms with Crippen molar-refractivity contribution in [2.45, 2.75) is 6.92 Å². The molecule has 72 valence electrons. The number of H-pyrrole nitrogens is 1. The number of rotatable bonds is 3. The van der Waals surface area contributed by atoms with Gasteiger partial charge in [-0.05, 0) is 6.92 Å². The molecule has 2 amide bonds. The summed E-state index contributed by atoms with van der Waals surface area (Å²) >= 11 is 0. The average molecular weight is 185 g/mol. The molecule has 13 heavy (non-hydrogen) atoms. The summed E-state index contributed by atoms with van der Waals surface area (Å²) < 4.78 is 4.71. The van der Waals surface area contributed by atoms with E-state index in [9.17, 15) is 4.79 Å². The van der Waals surface area contributed by atoms with Crippen LogP contribution in [-0.4, -0.2) is 34.9 Å². The summed E-state index contributed by atoms with van der Waals surface area (Å²) in [5.41, 5.74) is 0. The Balaban J connectivity index is 2.49. The van der Waals surface area contributed by atoms with Gasteiger partial charge in [0.05, 0.1) is 7.11 Å². The van der Waals surface area contributed by atoms with Crippen molar-refractivity contribution in [2.24, 2.45) is 0 Å². The van der Waals surface area contributed by atoms with Crippen molar-refractivity contribution in [2.75, 3.05) is 19.0 Å². The number of hydrogen-bond donors (Lipinski definition) is 3. The number of nitrogens with zero attached hydrogens (tertiary/aromatic N) is 2. The largest absolute Gasteiger partial charge is 0.466 e. The summed E-state index contributed by atoms with van der Waals surface area (Å²) in [6, 6.07) is -0.145. The number of amides is 2. The number of nitrogens with one attached hydrogen (secondary N) is 3. The third kappa shape index (κ3) is 2.62. The molecule has 0 aliphatic carbocycles. The van der Waals surface area contributed by atoms with Crippen molar-refractivity contribution in [3.8, 4) is 6.01 Å². The van der Waals surface area contributed by atoms with Crippen LogP contribution in [0, 0.1) is 0 Å². The van der Waals surface area contributed by atoms with Crippen LogP contribution in [0.5, 0.6) is 6.01 Å². The third-order valence-corrected chi connectivity index (χ3v) is 1.22. The van der Waals surface area contributed by atoms with Crippen LogP contribution in [0.3, 0.4) is 0 Å². The topological polar surface area (TPSA) is 91.9 Å². The van der Waals surface area contributed by atoms with Crippen molar-refractivity contribution in [1.82, 2.24) is 20.5 Å². The summed E-state index contributed by atoms with van der Waals surface area (Å²) in [6.45, 7) is 2.37. The molecular formula is C6H11N5O2. The summed E-state index contributed by atoms with van der Waals surface area (Å²) in [4.78, 5) is 14.7. The molecule has 0 unspecified atom stereocenters. The summed E-state index contributed by atoms with van der Waals surface area (Å²) in [6.07, 6.45) is 0. The first-order valence-corrected chi connectivity index (χ1v) is 3.77. The minimum Gasteiger partial charge on any atom is -0.466 e. The maximum atomic E-state index is 11.0. The second-order valence-electron chi connectivity index (χ2n) is 2.16. The number of anilines is 1. The van der Waals surface area contributed by atoms with Crippen LogP contribution < -0.4 is 15.4 Å². The quantitative estimate of drug-likeness (QED) is 0.615. The Bertz CT molecular complexity index is 284. The summed E-state index contributed by atoms with van der Waals surface area (Å²) in [5, 5.41) is 11.1. The molecule has 1 aromatic rings. The Kier molecular flexibility index (Phi) is 3.07. The Morgan fingerprint density at radius 3 is 3.00 bits per heavy atom. The van der Waals surface area contributed by atoms with Gasteiger partial charge in [-0.1, -0.05) is 0 Å². The van der Waals surface area contributed by atoms with Gasteiger partial charge in [0.2, 0.25) is 5.95 Å². The van der Waals surface area contributed by atoms with Gasteiger partial charge in [0, 0.05) is 6.54 Å². The number of aromatic nitrogens is 3. The number of aromatic amines is 1. The molecule has 0 aliphatic rings. The fourth-order valence-electron chi connectivity index (χ4n) is 0.706. The van der Waals surface area contributed by atoms with Gasteiger partial charge < -0.3 is 10.1 Å². The molecule has 1 aromatic heterocycles. The normalized spacial score (nSPS) is 9.38. The second kappa shape index (κ2) is 4.29. The summed E-state index contributed by atoms with van der Waals surface area (Å²) in [7, 11) is 1.44. The second-order valence-corrected chi connectivity index (χ2v) is 2.16. The molecule has 3 N–H and O–H groups in total. The molecule has 1 heterocycles. The van der Waals surface area contributed by atoms with Gasteiger partial charge in [0.15, 0.2) is 0 Å². The molecule has 0 aromatic carbocycles. The van der Waals surface area contributed by atoms with E-state index in [2.05, 4.69) is 25.8 Å². The van der Waals surface area contributed by atoms with Gasteiger partial charge in [0.1, 0.15) is 0 Å². The van der Waals surface area contributed by atoms with Gasteiger partial charge in [-0.2, -0.15) is 4.98 Å². The minimum absolute atomic E-state index is 0.187. The lowest BCUT2D eigenvalue weighted by Crippen LogP contribution is -2.28. The number of carbonyl (C=O) groups excluding carboxylic acids is 1. The smallest absolute Gasteiger partial charge is 0.336 e. The highest BCUT2D eigenvalue weighted by Gasteiger charge is 2.04. The molecular weight excluding hydrogens is 174 g/mol. The molecule has 0 fully saturated rings. The molecule has 7 heteroatoms. The maximum Gasteiger partial charge on any atom is 0.336 e. The highest BCUT2D eigenvalue weighted by Crippen LogP contribution is 2.03. The van der Waals surface area contributed by atoms with Crippen LogP contribution in [0.15, 0.2) is 0 Å². The van der Waals surface area contributed by atoms with Crippen LogP contribution in [0.1, 0.15) is 6.92 Å². The van der Waals surface area contributed by atoms with Crippen LogP contribution in [0.4, 0.5) is 10.7 Å². The Hall–Kier alpha value is -1.79. The lowest BCUT2D eigenvalue weighted by atomic mass is 10.7. The molecule has 0 spiro atoms. The third-order valence-electron chi connectivity index (χ3n) is 1.22. The van der Waals surface area contributed by atoms with Crippen molar-refractivity contribution >= 4 is 12.0 Å². The standard InChI is InChI=1S/C6H11N5O2/c1-3-7-5(12)8-4-9-6(13-2)11-10-4/h3H2,1-2H3,(H3,7,8,9,10,11,12). The molecule has 0 bridgehead atoms. The maximum absolute atomic E-state index is 11.0. The van der Waals surface area contributed by atoms with Gasteiger partial charge in [-0.15, -0.1) is 5.10 Å². The first-order valence-electron chi connectivity index (χ1n) is 3.77. The Labute approximate surface area is 74.9 Å². The van der Waals surface area contributed by atoms with Crippen LogP contribution >= 0.6 is 0 Å². The molecule has 7 nitrogen and oxygen atoms in total. The molecule has 1 rings (SSSR count). The SMILES string of the molecule is CCNC(=O)Nc1nc(OC)n[nH]1. The van der Waals surface area contributed by atoms with Crippen molar-refractivity contribution in [1.29, 1.82) is 0 Å². The van der Waals surface area contributed by atoms with E-state index >= 15 is 0 Å². The van der Waals surface area contributed by atoms with E-state index in [1.165, 1.54) is 7.11 Å². The van der Waals surface area contributed by atoms with Crippen molar-refractivity contribution in [3.05, 3.63) is 0 Å². The van der Waals surface area contributed by atoms with Gasteiger partial charge in [-0.25, -0.2) is 9.89 Å². The Morgan fingerprint density at radius 1 is 1.69 bits per heavy atom. The number of carbonyl (C=O) groups is 1. The molecule has 0 radical (unpaired) electrons. The van der Waals surface area contributed by atoms with Gasteiger partial charge in [-0.3, -0.25) is 5.32 Å². The first kappa shape index (κ1) is 9.30. The van der Waals surface area contributed by atoms with Crippen LogP contribution in [0.2, 0.25) is 0 Å². The molecule has 0 atom stereocenters. The zero-order valence-corrected chi connectivity index (χ0v) is 7.42. The van der Waals surface area contributed by atoms with E-state index in [0.717, 1.165) is 0 Å². The number of ether oxygens (including phenoxy) is 1.